The third-order valence-electron chi connectivity index (χ3n) is 2.51. The van der Waals surface area contributed by atoms with Crippen LogP contribution in [0.4, 0.5) is 0 Å². The lowest BCUT2D eigenvalue weighted by atomic mass is 9.68. The van der Waals surface area contributed by atoms with E-state index in [0.29, 0.717) is 0 Å². The molecule has 1 atom stereocenters. The van der Waals surface area contributed by atoms with Crippen molar-refractivity contribution in [1.82, 2.24) is 0 Å². The van der Waals surface area contributed by atoms with Crippen LogP contribution in [0.5, 0.6) is 0 Å². The molecule has 0 bridgehead atoms. The van der Waals surface area contributed by atoms with Gasteiger partial charge in [0.05, 0.1) is 0 Å². The molecule has 0 radical (unpaired) electrons. The lowest BCUT2D eigenvalue weighted by molar-refractivity contribution is -0.150. The average Bonchev–Trinajstić information content (AvgIpc) is 1.82. The summed E-state index contributed by atoms with van der Waals surface area (Å²) in [6.07, 6.45) is 0. The predicted molar refractivity (Wildman–Crippen MR) is 48.8 cm³/mol. The summed E-state index contributed by atoms with van der Waals surface area (Å²) in [7, 11) is 0. The summed E-state index contributed by atoms with van der Waals surface area (Å²) in [6, 6.07) is 0. The van der Waals surface area contributed by atoms with Crippen molar-refractivity contribution in [3.63, 3.8) is 0 Å². The van der Waals surface area contributed by atoms with Gasteiger partial charge in [0.25, 0.3) is 0 Å². The molecular weight excluding hydrogens is 154 g/mol. The van der Waals surface area contributed by atoms with Crippen LogP contribution in [0.15, 0.2) is 0 Å². The summed E-state index contributed by atoms with van der Waals surface area (Å²) in [5, 5.41) is 9.01. The highest BCUT2D eigenvalue weighted by atomic mass is 16.4. The van der Waals surface area contributed by atoms with Crippen LogP contribution in [0.1, 0.15) is 34.6 Å². The Bertz CT molecular complexity index is 181. The highest BCUT2D eigenvalue weighted by Crippen LogP contribution is 2.34. The molecule has 12 heavy (non-hydrogen) atoms. The van der Waals surface area contributed by atoms with Gasteiger partial charge in [-0.3, -0.25) is 4.79 Å². The van der Waals surface area contributed by atoms with Crippen LogP contribution in [0.2, 0.25) is 0 Å². The van der Waals surface area contributed by atoms with Crippen molar-refractivity contribution in [2.45, 2.75) is 40.2 Å². The Balaban J connectivity index is 5.02. The zero-order valence-electron chi connectivity index (χ0n) is 8.51. The molecule has 3 N–H and O–H groups in total. The van der Waals surface area contributed by atoms with Gasteiger partial charge in [0.15, 0.2) is 0 Å². The number of carbonyl (C=O) groups is 1. The number of hydrogen-bond acceptors (Lipinski definition) is 2. The summed E-state index contributed by atoms with van der Waals surface area (Å²) in [6.45, 7) is 9.21. The standard InChI is InChI=1S/C9H19NO2/c1-6(2)9(10,7(11)12)8(3,4)5/h6H,10H2,1-5H3,(H,11,12)/t9-/m0/s1. The van der Waals surface area contributed by atoms with Gasteiger partial charge in [-0.05, 0) is 11.3 Å². The van der Waals surface area contributed by atoms with Gasteiger partial charge in [-0.2, -0.15) is 0 Å². The van der Waals surface area contributed by atoms with Crippen molar-refractivity contribution in [2.75, 3.05) is 0 Å². The number of aliphatic carboxylic acids is 1. The summed E-state index contributed by atoms with van der Waals surface area (Å²) >= 11 is 0. The maximum Gasteiger partial charge on any atom is 0.324 e. The molecule has 0 aromatic rings. The number of carboxylic acids is 1. The Hall–Kier alpha value is -0.570. The monoisotopic (exact) mass is 173 g/mol. The van der Waals surface area contributed by atoms with Crippen LogP contribution in [0.25, 0.3) is 0 Å². The van der Waals surface area contributed by atoms with Gasteiger partial charge in [-0.25, -0.2) is 0 Å². The van der Waals surface area contributed by atoms with E-state index in [1.165, 1.54) is 0 Å². The normalized spacial score (nSPS) is 17.6. The van der Waals surface area contributed by atoms with Crippen molar-refractivity contribution in [3.05, 3.63) is 0 Å². The minimum Gasteiger partial charge on any atom is -0.480 e. The molecule has 3 heteroatoms. The molecule has 0 aliphatic rings. The lowest BCUT2D eigenvalue weighted by Gasteiger charge is -2.40. The molecule has 0 aromatic carbocycles. The second-order valence-corrected chi connectivity index (χ2v) is 4.58. The van der Waals surface area contributed by atoms with E-state index in [1.807, 2.05) is 34.6 Å². The SMILES string of the molecule is CC(C)[C@](N)(C(=O)O)C(C)(C)C. The summed E-state index contributed by atoms with van der Waals surface area (Å²) in [5.41, 5.74) is 4.29. The molecule has 0 saturated heterocycles. The smallest absolute Gasteiger partial charge is 0.324 e. The minimum absolute atomic E-state index is 0.0741. The Labute approximate surface area is 74.0 Å². The number of carboxylic acid groups (broad SMARTS) is 1. The fourth-order valence-electron chi connectivity index (χ4n) is 1.43. The molecule has 0 heterocycles. The van der Waals surface area contributed by atoms with Crippen LogP contribution in [-0.4, -0.2) is 16.6 Å². The molecule has 3 nitrogen and oxygen atoms in total. The Morgan fingerprint density at radius 3 is 1.67 bits per heavy atom. The molecule has 0 spiro atoms. The van der Waals surface area contributed by atoms with E-state index < -0.39 is 16.9 Å². The molecular formula is C9H19NO2. The third-order valence-corrected chi connectivity index (χ3v) is 2.51. The first-order chi connectivity index (χ1) is 5.14. The van der Waals surface area contributed by atoms with Crippen LogP contribution >= 0.6 is 0 Å². The van der Waals surface area contributed by atoms with Gasteiger partial charge in [-0.1, -0.05) is 34.6 Å². The van der Waals surface area contributed by atoms with E-state index in [0.717, 1.165) is 0 Å². The molecule has 0 fully saturated rings. The van der Waals surface area contributed by atoms with Crippen LogP contribution in [-0.2, 0) is 4.79 Å². The van der Waals surface area contributed by atoms with E-state index in [-0.39, 0.29) is 5.92 Å². The first-order valence-corrected chi connectivity index (χ1v) is 4.16. The first kappa shape index (κ1) is 11.4. The summed E-state index contributed by atoms with van der Waals surface area (Å²) in [5.74, 6) is -1.00. The first-order valence-electron chi connectivity index (χ1n) is 4.16. The largest absolute Gasteiger partial charge is 0.480 e. The molecule has 0 unspecified atom stereocenters. The van der Waals surface area contributed by atoms with Gasteiger partial charge >= 0.3 is 5.97 Å². The molecule has 0 aliphatic carbocycles. The highest BCUT2D eigenvalue weighted by molar-refractivity contribution is 5.80. The van der Waals surface area contributed by atoms with Crippen molar-refractivity contribution < 1.29 is 9.90 Å². The Morgan fingerprint density at radius 2 is 1.67 bits per heavy atom. The molecule has 0 aromatic heterocycles. The Kier molecular flexibility index (Phi) is 2.91. The zero-order chi connectivity index (χ0) is 10.2. The van der Waals surface area contributed by atoms with Gasteiger partial charge in [-0.15, -0.1) is 0 Å². The average molecular weight is 173 g/mol. The van der Waals surface area contributed by atoms with E-state index in [4.69, 9.17) is 10.8 Å². The fraction of sp³-hybridized carbons (Fsp3) is 0.889. The Morgan fingerprint density at radius 1 is 1.33 bits per heavy atom. The molecule has 0 saturated carbocycles. The second kappa shape index (κ2) is 3.05. The zero-order valence-corrected chi connectivity index (χ0v) is 8.51. The minimum atomic E-state index is -1.15. The van der Waals surface area contributed by atoms with Crippen molar-refractivity contribution in [2.24, 2.45) is 17.1 Å². The van der Waals surface area contributed by atoms with Gasteiger partial charge in [0, 0.05) is 0 Å². The maximum absolute atomic E-state index is 11.0. The number of rotatable bonds is 2. The predicted octanol–water partition coefficient (Wildman–Crippen LogP) is 1.47. The van der Waals surface area contributed by atoms with E-state index >= 15 is 0 Å². The van der Waals surface area contributed by atoms with Crippen molar-refractivity contribution in [3.8, 4) is 0 Å². The summed E-state index contributed by atoms with van der Waals surface area (Å²) < 4.78 is 0. The maximum atomic E-state index is 11.0. The summed E-state index contributed by atoms with van der Waals surface area (Å²) in [4.78, 5) is 11.0. The van der Waals surface area contributed by atoms with E-state index in [2.05, 4.69) is 0 Å². The van der Waals surface area contributed by atoms with Crippen LogP contribution < -0.4 is 5.73 Å². The quantitative estimate of drug-likeness (QED) is 0.664. The highest BCUT2D eigenvalue weighted by Gasteiger charge is 2.47. The van der Waals surface area contributed by atoms with E-state index in [1.54, 1.807) is 0 Å². The second-order valence-electron chi connectivity index (χ2n) is 4.58. The van der Waals surface area contributed by atoms with Gasteiger partial charge in [0.1, 0.15) is 5.54 Å². The van der Waals surface area contributed by atoms with Gasteiger partial charge in [0.2, 0.25) is 0 Å². The molecule has 0 amide bonds. The molecule has 0 rings (SSSR count). The molecule has 0 aliphatic heterocycles. The molecule has 72 valence electrons. The van der Waals surface area contributed by atoms with Gasteiger partial charge < -0.3 is 10.8 Å². The third kappa shape index (κ3) is 1.61. The number of hydrogen-bond donors (Lipinski definition) is 2. The van der Waals surface area contributed by atoms with Crippen LogP contribution in [0, 0.1) is 11.3 Å². The van der Waals surface area contributed by atoms with Crippen molar-refractivity contribution >= 4 is 5.97 Å². The van der Waals surface area contributed by atoms with Crippen molar-refractivity contribution in [1.29, 1.82) is 0 Å². The fourth-order valence-corrected chi connectivity index (χ4v) is 1.43. The lowest BCUT2D eigenvalue weighted by Crippen LogP contribution is -2.61. The topological polar surface area (TPSA) is 63.3 Å². The van der Waals surface area contributed by atoms with Crippen LogP contribution in [0.3, 0.4) is 0 Å². The number of nitrogens with two attached hydrogens (primary N) is 1. The van der Waals surface area contributed by atoms with E-state index in [9.17, 15) is 4.79 Å².